The number of amides is 1. The Hall–Kier alpha value is -1.05. The van der Waals surface area contributed by atoms with Gasteiger partial charge in [0, 0.05) is 13.2 Å². The maximum absolute atomic E-state index is 11.3. The molecule has 2 unspecified atom stereocenters. The van der Waals surface area contributed by atoms with Gasteiger partial charge in [-0.15, -0.1) is 6.42 Å². The normalized spacial score (nSPS) is 14.1. The Morgan fingerprint density at radius 3 is 2.71 bits per heavy atom. The highest BCUT2D eigenvalue weighted by Crippen LogP contribution is 1.91. The highest BCUT2D eigenvalue weighted by atomic mass is 16.3. The lowest BCUT2D eigenvalue weighted by Crippen LogP contribution is -2.44. The number of nitrogens with one attached hydrogen (secondary N) is 2. The van der Waals surface area contributed by atoms with E-state index in [4.69, 9.17) is 11.5 Å². The third-order valence-corrected chi connectivity index (χ3v) is 1.84. The quantitative estimate of drug-likeness (QED) is 0.497. The summed E-state index contributed by atoms with van der Waals surface area (Å²) in [6.07, 6.45) is 5.00. The van der Waals surface area contributed by atoms with Gasteiger partial charge in [-0.1, -0.05) is 12.8 Å². The number of carbonyl (C=O) groups is 1. The molecule has 0 bridgehead atoms. The standard InChI is InChI=1S/C10H18N2O2/c1-4-5-11-10(14)9(3)12-6-8(2)7-13/h1,8-9,12-13H,5-7H2,2-3H3,(H,11,14). The zero-order chi connectivity index (χ0) is 11.0. The molecule has 14 heavy (non-hydrogen) atoms. The van der Waals surface area contributed by atoms with Crippen molar-refractivity contribution in [3.63, 3.8) is 0 Å². The summed E-state index contributed by atoms with van der Waals surface area (Å²) in [6.45, 7) is 4.64. The fourth-order valence-electron chi connectivity index (χ4n) is 0.826. The van der Waals surface area contributed by atoms with Gasteiger partial charge in [0.15, 0.2) is 0 Å². The number of terminal acetylenes is 1. The van der Waals surface area contributed by atoms with Crippen molar-refractivity contribution >= 4 is 5.91 Å². The zero-order valence-corrected chi connectivity index (χ0v) is 8.71. The molecule has 2 atom stereocenters. The molecule has 0 rings (SSSR count). The fourth-order valence-corrected chi connectivity index (χ4v) is 0.826. The van der Waals surface area contributed by atoms with Crippen LogP contribution in [-0.4, -0.2) is 36.8 Å². The van der Waals surface area contributed by atoms with Gasteiger partial charge >= 0.3 is 0 Å². The summed E-state index contributed by atoms with van der Waals surface area (Å²) < 4.78 is 0. The van der Waals surface area contributed by atoms with Crippen LogP contribution >= 0.6 is 0 Å². The van der Waals surface area contributed by atoms with Crippen molar-refractivity contribution in [3.8, 4) is 12.3 Å². The van der Waals surface area contributed by atoms with E-state index in [1.54, 1.807) is 6.92 Å². The average Bonchev–Trinajstić information content (AvgIpc) is 2.21. The second kappa shape index (κ2) is 7.36. The Morgan fingerprint density at radius 2 is 2.21 bits per heavy atom. The van der Waals surface area contributed by atoms with E-state index in [1.165, 1.54) is 0 Å². The number of hydrogen-bond acceptors (Lipinski definition) is 3. The smallest absolute Gasteiger partial charge is 0.237 e. The first-order valence-corrected chi connectivity index (χ1v) is 4.67. The van der Waals surface area contributed by atoms with E-state index in [0.29, 0.717) is 6.54 Å². The van der Waals surface area contributed by atoms with Crippen LogP contribution < -0.4 is 10.6 Å². The summed E-state index contributed by atoms with van der Waals surface area (Å²) in [7, 11) is 0. The van der Waals surface area contributed by atoms with E-state index in [9.17, 15) is 4.79 Å². The lowest BCUT2D eigenvalue weighted by Gasteiger charge is -2.15. The van der Waals surface area contributed by atoms with Crippen LogP contribution in [0.2, 0.25) is 0 Å². The van der Waals surface area contributed by atoms with Gasteiger partial charge < -0.3 is 15.7 Å². The monoisotopic (exact) mass is 198 g/mol. The van der Waals surface area contributed by atoms with Crippen LogP contribution in [0.4, 0.5) is 0 Å². The molecule has 0 aromatic rings. The van der Waals surface area contributed by atoms with Crippen molar-refractivity contribution in [1.82, 2.24) is 10.6 Å². The van der Waals surface area contributed by atoms with Crippen molar-refractivity contribution < 1.29 is 9.90 Å². The third kappa shape index (κ3) is 5.57. The SMILES string of the molecule is C#CCNC(=O)C(C)NCC(C)CO. The van der Waals surface area contributed by atoms with Crippen LogP contribution in [0.3, 0.4) is 0 Å². The number of rotatable bonds is 6. The number of aliphatic hydroxyl groups excluding tert-OH is 1. The summed E-state index contributed by atoms with van der Waals surface area (Å²) in [6, 6.07) is -0.280. The summed E-state index contributed by atoms with van der Waals surface area (Å²) in [4.78, 5) is 11.3. The van der Waals surface area contributed by atoms with Gasteiger partial charge in [0.1, 0.15) is 0 Å². The molecule has 4 heteroatoms. The van der Waals surface area contributed by atoms with Crippen LogP contribution in [0, 0.1) is 18.3 Å². The van der Waals surface area contributed by atoms with Crippen LogP contribution in [0.15, 0.2) is 0 Å². The van der Waals surface area contributed by atoms with Crippen molar-refractivity contribution in [2.24, 2.45) is 5.92 Å². The predicted molar refractivity (Wildman–Crippen MR) is 55.6 cm³/mol. The molecule has 3 N–H and O–H groups in total. The van der Waals surface area contributed by atoms with E-state index in [1.807, 2.05) is 6.92 Å². The molecule has 1 amide bonds. The molecule has 0 aliphatic carbocycles. The Kier molecular flexibility index (Phi) is 6.81. The fraction of sp³-hybridized carbons (Fsp3) is 0.700. The minimum atomic E-state index is -0.280. The Labute approximate surface area is 85.1 Å². The molecule has 0 aromatic heterocycles. The minimum absolute atomic E-state index is 0.117. The van der Waals surface area contributed by atoms with Crippen molar-refractivity contribution in [2.45, 2.75) is 19.9 Å². The second-order valence-corrected chi connectivity index (χ2v) is 3.34. The highest BCUT2D eigenvalue weighted by Gasteiger charge is 2.11. The summed E-state index contributed by atoms with van der Waals surface area (Å²) in [5.74, 6) is 2.36. The van der Waals surface area contributed by atoms with Gasteiger partial charge in [0.2, 0.25) is 5.91 Å². The first-order valence-electron chi connectivity index (χ1n) is 4.67. The van der Waals surface area contributed by atoms with Gasteiger partial charge in [-0.05, 0) is 12.8 Å². The van der Waals surface area contributed by atoms with Crippen LogP contribution in [0.25, 0.3) is 0 Å². The third-order valence-electron chi connectivity index (χ3n) is 1.84. The average molecular weight is 198 g/mol. The molecular formula is C10H18N2O2. The van der Waals surface area contributed by atoms with Gasteiger partial charge in [-0.3, -0.25) is 4.79 Å². The molecule has 0 spiro atoms. The molecule has 0 saturated heterocycles. The molecule has 0 aliphatic heterocycles. The van der Waals surface area contributed by atoms with E-state index in [2.05, 4.69) is 16.6 Å². The van der Waals surface area contributed by atoms with Gasteiger partial charge in [-0.25, -0.2) is 0 Å². The molecule has 80 valence electrons. The maximum atomic E-state index is 11.3. The number of carbonyl (C=O) groups excluding carboxylic acids is 1. The maximum Gasteiger partial charge on any atom is 0.237 e. The molecule has 0 fully saturated rings. The van der Waals surface area contributed by atoms with E-state index < -0.39 is 0 Å². The van der Waals surface area contributed by atoms with Gasteiger partial charge in [0.05, 0.1) is 12.6 Å². The zero-order valence-electron chi connectivity index (χ0n) is 8.71. The summed E-state index contributed by atoms with van der Waals surface area (Å²) >= 11 is 0. The van der Waals surface area contributed by atoms with E-state index in [-0.39, 0.29) is 31.0 Å². The van der Waals surface area contributed by atoms with Gasteiger partial charge in [-0.2, -0.15) is 0 Å². The highest BCUT2D eigenvalue weighted by molar-refractivity contribution is 5.81. The van der Waals surface area contributed by atoms with Crippen molar-refractivity contribution in [3.05, 3.63) is 0 Å². The van der Waals surface area contributed by atoms with E-state index >= 15 is 0 Å². The van der Waals surface area contributed by atoms with Crippen molar-refractivity contribution in [2.75, 3.05) is 19.7 Å². The minimum Gasteiger partial charge on any atom is -0.396 e. The molecule has 0 aliphatic rings. The van der Waals surface area contributed by atoms with E-state index in [0.717, 1.165) is 0 Å². The molecule has 0 radical (unpaired) electrons. The molecular weight excluding hydrogens is 180 g/mol. The Balaban J connectivity index is 3.68. The first kappa shape index (κ1) is 12.9. The lowest BCUT2D eigenvalue weighted by molar-refractivity contribution is -0.122. The molecule has 0 aromatic carbocycles. The lowest BCUT2D eigenvalue weighted by atomic mass is 10.2. The van der Waals surface area contributed by atoms with Crippen LogP contribution in [0.5, 0.6) is 0 Å². The topological polar surface area (TPSA) is 61.4 Å². The summed E-state index contributed by atoms with van der Waals surface area (Å²) in [5, 5.41) is 14.3. The molecule has 0 saturated carbocycles. The molecule has 4 nitrogen and oxygen atoms in total. The predicted octanol–water partition coefficient (Wildman–Crippen LogP) is -0.658. The largest absolute Gasteiger partial charge is 0.396 e. The summed E-state index contributed by atoms with van der Waals surface area (Å²) in [5.41, 5.74) is 0. The molecule has 0 heterocycles. The Morgan fingerprint density at radius 1 is 1.57 bits per heavy atom. The number of hydrogen-bond donors (Lipinski definition) is 3. The van der Waals surface area contributed by atoms with Crippen LogP contribution in [0.1, 0.15) is 13.8 Å². The Bertz CT molecular complexity index is 211. The number of aliphatic hydroxyl groups is 1. The van der Waals surface area contributed by atoms with Gasteiger partial charge in [0.25, 0.3) is 0 Å². The van der Waals surface area contributed by atoms with Crippen LogP contribution in [-0.2, 0) is 4.79 Å². The second-order valence-electron chi connectivity index (χ2n) is 3.34. The first-order chi connectivity index (χ1) is 6.61. The van der Waals surface area contributed by atoms with Crippen molar-refractivity contribution in [1.29, 1.82) is 0 Å².